The van der Waals surface area contributed by atoms with E-state index >= 15 is 0 Å². The number of rotatable bonds is 4. The van der Waals surface area contributed by atoms with Crippen molar-refractivity contribution < 1.29 is 4.79 Å². The minimum atomic E-state index is -0.345. The minimum absolute atomic E-state index is 0.0475. The van der Waals surface area contributed by atoms with Crippen LogP contribution in [0.3, 0.4) is 0 Å². The Bertz CT molecular complexity index is 282. The van der Waals surface area contributed by atoms with Crippen molar-refractivity contribution in [3.8, 4) is 0 Å². The molecule has 0 aromatic heterocycles. The molecule has 17 heavy (non-hydrogen) atoms. The Labute approximate surface area is 104 Å². The molecule has 1 rings (SSSR count). The average Bonchev–Trinajstić information content (AvgIpc) is 2.37. The van der Waals surface area contributed by atoms with Crippen LogP contribution in [0, 0.1) is 5.92 Å². The van der Waals surface area contributed by atoms with E-state index in [4.69, 9.17) is 5.73 Å². The van der Waals surface area contributed by atoms with Gasteiger partial charge in [0.2, 0.25) is 5.91 Å². The first-order valence-corrected chi connectivity index (χ1v) is 6.64. The van der Waals surface area contributed by atoms with E-state index in [1.807, 2.05) is 13.8 Å². The van der Waals surface area contributed by atoms with Crippen molar-refractivity contribution in [1.82, 2.24) is 4.90 Å². The van der Waals surface area contributed by atoms with Gasteiger partial charge in [0.15, 0.2) is 0 Å². The van der Waals surface area contributed by atoms with Crippen LogP contribution in [-0.4, -0.2) is 36.3 Å². The molecule has 0 heterocycles. The third-order valence-electron chi connectivity index (χ3n) is 3.57. The number of nitrogens with two attached hydrogens (primary N) is 1. The van der Waals surface area contributed by atoms with Gasteiger partial charge in [-0.1, -0.05) is 19.3 Å². The van der Waals surface area contributed by atoms with Crippen LogP contribution in [0.2, 0.25) is 0 Å². The van der Waals surface area contributed by atoms with E-state index < -0.39 is 0 Å². The largest absolute Gasteiger partial charge is 0.387 e. The predicted molar refractivity (Wildman–Crippen MR) is 71.0 cm³/mol. The first-order chi connectivity index (χ1) is 8.06. The Balaban J connectivity index is 2.57. The van der Waals surface area contributed by atoms with Gasteiger partial charge in [-0.15, -0.1) is 0 Å². The third kappa shape index (κ3) is 4.02. The Hall–Kier alpha value is -1.06. The van der Waals surface area contributed by atoms with Crippen molar-refractivity contribution in [1.29, 1.82) is 0 Å². The van der Waals surface area contributed by atoms with Crippen molar-refractivity contribution in [3.05, 3.63) is 0 Å². The predicted octanol–water partition coefficient (Wildman–Crippen LogP) is 1.79. The molecule has 0 aromatic rings. The molecule has 98 valence electrons. The van der Waals surface area contributed by atoms with Crippen molar-refractivity contribution in [2.45, 2.75) is 52.0 Å². The highest BCUT2D eigenvalue weighted by Gasteiger charge is 2.20. The van der Waals surface area contributed by atoms with Gasteiger partial charge in [-0.3, -0.25) is 9.79 Å². The molecule has 1 aliphatic rings. The lowest BCUT2D eigenvalue weighted by atomic mass is 9.88. The highest BCUT2D eigenvalue weighted by Crippen LogP contribution is 2.23. The SMILES string of the molecule is CCN(C)C(=O)C(C)N=C(N)C1CCCCC1. The standard InChI is InChI=1S/C13H25N3O/c1-4-16(3)13(17)10(2)15-12(14)11-8-6-5-7-9-11/h10-11H,4-9H2,1-3H3,(H2,14,15). The normalized spacial score (nSPS) is 20.1. The van der Waals surface area contributed by atoms with Crippen molar-refractivity contribution in [3.63, 3.8) is 0 Å². The van der Waals surface area contributed by atoms with Crippen LogP contribution in [0.5, 0.6) is 0 Å². The lowest BCUT2D eigenvalue weighted by Gasteiger charge is -2.23. The zero-order valence-electron chi connectivity index (χ0n) is 11.3. The van der Waals surface area contributed by atoms with Crippen LogP contribution in [0.4, 0.5) is 0 Å². The van der Waals surface area contributed by atoms with E-state index in [0.29, 0.717) is 18.3 Å². The summed E-state index contributed by atoms with van der Waals surface area (Å²) >= 11 is 0. The monoisotopic (exact) mass is 239 g/mol. The lowest BCUT2D eigenvalue weighted by Crippen LogP contribution is -2.36. The zero-order valence-corrected chi connectivity index (χ0v) is 11.3. The summed E-state index contributed by atoms with van der Waals surface area (Å²) in [7, 11) is 1.80. The van der Waals surface area contributed by atoms with Gasteiger partial charge in [-0.2, -0.15) is 0 Å². The Morgan fingerprint density at radius 3 is 2.53 bits per heavy atom. The second-order valence-electron chi connectivity index (χ2n) is 4.92. The summed E-state index contributed by atoms with van der Waals surface area (Å²) in [6.07, 6.45) is 6.02. The molecule has 4 nitrogen and oxygen atoms in total. The summed E-state index contributed by atoms with van der Waals surface area (Å²) in [5.74, 6) is 1.12. The molecular formula is C13H25N3O. The number of aliphatic imine (C=N–C) groups is 1. The molecule has 1 atom stereocenters. The summed E-state index contributed by atoms with van der Waals surface area (Å²) in [5, 5.41) is 0. The second-order valence-corrected chi connectivity index (χ2v) is 4.92. The molecule has 1 fully saturated rings. The fourth-order valence-corrected chi connectivity index (χ4v) is 2.26. The van der Waals surface area contributed by atoms with E-state index in [2.05, 4.69) is 4.99 Å². The van der Waals surface area contributed by atoms with Crippen molar-refractivity contribution >= 4 is 11.7 Å². The molecule has 0 bridgehead atoms. The second kappa shape index (κ2) is 6.62. The van der Waals surface area contributed by atoms with Gasteiger partial charge in [-0.05, 0) is 26.7 Å². The number of hydrogen-bond donors (Lipinski definition) is 1. The molecule has 1 unspecified atom stereocenters. The number of carbonyl (C=O) groups excluding carboxylic acids is 1. The summed E-state index contributed by atoms with van der Waals surface area (Å²) in [4.78, 5) is 17.9. The molecule has 1 saturated carbocycles. The fourth-order valence-electron chi connectivity index (χ4n) is 2.26. The van der Waals surface area contributed by atoms with Gasteiger partial charge >= 0.3 is 0 Å². The minimum Gasteiger partial charge on any atom is -0.387 e. The maximum atomic E-state index is 11.9. The van der Waals surface area contributed by atoms with Crippen LogP contribution in [0.25, 0.3) is 0 Å². The van der Waals surface area contributed by atoms with Gasteiger partial charge in [0.25, 0.3) is 0 Å². The summed E-state index contributed by atoms with van der Waals surface area (Å²) in [5.41, 5.74) is 6.01. The molecular weight excluding hydrogens is 214 g/mol. The van der Waals surface area contributed by atoms with Gasteiger partial charge in [0, 0.05) is 19.5 Å². The number of likely N-dealkylation sites (N-methyl/N-ethyl adjacent to an activating group) is 1. The average molecular weight is 239 g/mol. The van der Waals surface area contributed by atoms with E-state index in [9.17, 15) is 4.79 Å². The van der Waals surface area contributed by atoms with Gasteiger partial charge in [0.05, 0.1) is 5.84 Å². The summed E-state index contributed by atoms with van der Waals surface area (Å²) in [6, 6.07) is -0.345. The first kappa shape index (κ1) is 14.0. The van der Waals surface area contributed by atoms with Gasteiger partial charge < -0.3 is 10.6 Å². The molecule has 4 heteroatoms. The molecule has 0 spiro atoms. The highest BCUT2D eigenvalue weighted by molar-refractivity contribution is 5.88. The van der Waals surface area contributed by atoms with Crippen LogP contribution < -0.4 is 5.73 Å². The van der Waals surface area contributed by atoms with Crippen molar-refractivity contribution in [2.24, 2.45) is 16.6 Å². The maximum Gasteiger partial charge on any atom is 0.246 e. The van der Waals surface area contributed by atoms with E-state index in [1.54, 1.807) is 11.9 Å². The van der Waals surface area contributed by atoms with E-state index in [-0.39, 0.29) is 11.9 Å². The van der Waals surface area contributed by atoms with Crippen LogP contribution >= 0.6 is 0 Å². The van der Waals surface area contributed by atoms with Crippen LogP contribution in [0.15, 0.2) is 4.99 Å². The van der Waals surface area contributed by atoms with E-state index in [1.165, 1.54) is 19.3 Å². The van der Waals surface area contributed by atoms with Gasteiger partial charge in [0.1, 0.15) is 6.04 Å². The molecule has 1 amide bonds. The summed E-state index contributed by atoms with van der Waals surface area (Å²) < 4.78 is 0. The quantitative estimate of drug-likeness (QED) is 0.600. The number of carbonyl (C=O) groups is 1. The molecule has 0 aliphatic heterocycles. The Kier molecular flexibility index (Phi) is 5.45. The molecule has 1 aliphatic carbocycles. The van der Waals surface area contributed by atoms with Gasteiger partial charge in [-0.25, -0.2) is 0 Å². The molecule has 2 N–H and O–H groups in total. The maximum absolute atomic E-state index is 11.9. The third-order valence-corrected chi connectivity index (χ3v) is 3.57. The molecule has 0 aromatic carbocycles. The number of hydrogen-bond acceptors (Lipinski definition) is 2. The smallest absolute Gasteiger partial charge is 0.246 e. The Morgan fingerprint density at radius 1 is 1.41 bits per heavy atom. The molecule has 0 saturated heterocycles. The lowest BCUT2D eigenvalue weighted by molar-refractivity contribution is -0.130. The zero-order chi connectivity index (χ0) is 12.8. The number of amidine groups is 1. The first-order valence-electron chi connectivity index (χ1n) is 6.64. The highest BCUT2D eigenvalue weighted by atomic mass is 16.2. The van der Waals surface area contributed by atoms with Crippen molar-refractivity contribution in [2.75, 3.05) is 13.6 Å². The Morgan fingerprint density at radius 2 is 2.00 bits per heavy atom. The topological polar surface area (TPSA) is 58.7 Å². The van der Waals surface area contributed by atoms with Crippen LogP contribution in [0.1, 0.15) is 46.0 Å². The van der Waals surface area contributed by atoms with E-state index in [0.717, 1.165) is 12.8 Å². The number of nitrogens with zero attached hydrogens (tertiary/aromatic N) is 2. The van der Waals surface area contributed by atoms with Crippen LogP contribution in [-0.2, 0) is 4.79 Å². The fraction of sp³-hybridized carbons (Fsp3) is 0.846. The molecule has 0 radical (unpaired) electrons. The number of amides is 1. The summed E-state index contributed by atoms with van der Waals surface area (Å²) in [6.45, 7) is 4.49.